The highest BCUT2D eigenvalue weighted by Crippen LogP contribution is 2.19. The largest absolute Gasteiger partial charge is 0.391 e. The molecule has 0 aliphatic rings. The molecular formula is C13H14FNOS. The molecular weight excluding hydrogens is 237 g/mol. The third-order valence-corrected chi connectivity index (χ3v) is 3.82. The van der Waals surface area contributed by atoms with Crippen molar-refractivity contribution in [3.63, 3.8) is 0 Å². The lowest BCUT2D eigenvalue weighted by atomic mass is 10.1. The molecule has 0 atom stereocenters. The van der Waals surface area contributed by atoms with Crippen molar-refractivity contribution in [3.05, 3.63) is 51.2 Å². The summed E-state index contributed by atoms with van der Waals surface area (Å²) in [4.78, 5) is 5.33. The van der Waals surface area contributed by atoms with Crippen LogP contribution in [-0.4, -0.2) is 10.1 Å². The Hall–Kier alpha value is -1.26. The van der Waals surface area contributed by atoms with Crippen LogP contribution in [0.3, 0.4) is 0 Å². The Morgan fingerprint density at radius 2 is 1.94 bits per heavy atom. The molecule has 1 aromatic heterocycles. The molecule has 0 unspecified atom stereocenters. The molecule has 2 aromatic rings. The van der Waals surface area contributed by atoms with E-state index < -0.39 is 0 Å². The molecule has 17 heavy (non-hydrogen) atoms. The van der Waals surface area contributed by atoms with Crippen LogP contribution in [0.25, 0.3) is 0 Å². The minimum Gasteiger partial charge on any atom is -0.391 e. The quantitative estimate of drug-likeness (QED) is 0.906. The number of thiazole rings is 1. The van der Waals surface area contributed by atoms with Gasteiger partial charge in [-0.1, -0.05) is 12.1 Å². The summed E-state index contributed by atoms with van der Waals surface area (Å²) in [5.41, 5.74) is 2.01. The molecule has 0 aliphatic carbocycles. The van der Waals surface area contributed by atoms with Gasteiger partial charge in [0.1, 0.15) is 5.82 Å². The van der Waals surface area contributed by atoms with Crippen molar-refractivity contribution in [3.8, 4) is 0 Å². The Balaban J connectivity index is 1.99. The van der Waals surface area contributed by atoms with Gasteiger partial charge in [-0.25, -0.2) is 9.37 Å². The first kappa shape index (κ1) is 12.2. The highest BCUT2D eigenvalue weighted by molar-refractivity contribution is 7.11. The van der Waals surface area contributed by atoms with Gasteiger partial charge in [0, 0.05) is 6.42 Å². The van der Waals surface area contributed by atoms with Crippen molar-refractivity contribution in [2.24, 2.45) is 0 Å². The van der Waals surface area contributed by atoms with Gasteiger partial charge in [-0.2, -0.15) is 0 Å². The molecule has 1 N–H and O–H groups in total. The zero-order chi connectivity index (χ0) is 12.3. The Morgan fingerprint density at radius 1 is 1.24 bits per heavy atom. The molecule has 0 bridgehead atoms. The first-order valence-corrected chi connectivity index (χ1v) is 6.31. The average molecular weight is 251 g/mol. The minimum absolute atomic E-state index is 0.0556. The fourth-order valence-electron chi connectivity index (χ4n) is 1.64. The van der Waals surface area contributed by atoms with E-state index in [-0.39, 0.29) is 12.4 Å². The summed E-state index contributed by atoms with van der Waals surface area (Å²) < 4.78 is 12.7. The zero-order valence-electron chi connectivity index (χ0n) is 9.61. The van der Waals surface area contributed by atoms with Crippen LogP contribution in [0.15, 0.2) is 24.3 Å². The van der Waals surface area contributed by atoms with Gasteiger partial charge in [0.05, 0.1) is 22.2 Å². The molecule has 1 heterocycles. The van der Waals surface area contributed by atoms with Gasteiger partial charge in [0.25, 0.3) is 0 Å². The molecule has 0 amide bonds. The number of rotatable bonds is 4. The molecule has 0 saturated carbocycles. The van der Waals surface area contributed by atoms with Crippen molar-refractivity contribution in [1.29, 1.82) is 0 Å². The normalized spacial score (nSPS) is 10.8. The lowest BCUT2D eigenvalue weighted by Crippen LogP contribution is -1.91. The third-order valence-electron chi connectivity index (χ3n) is 2.62. The van der Waals surface area contributed by atoms with Gasteiger partial charge in [0.15, 0.2) is 0 Å². The summed E-state index contributed by atoms with van der Waals surface area (Å²) in [6.07, 6.45) is 1.68. The van der Waals surface area contributed by atoms with E-state index >= 15 is 0 Å². The average Bonchev–Trinajstić information content (AvgIpc) is 2.69. The van der Waals surface area contributed by atoms with Crippen molar-refractivity contribution in [1.82, 2.24) is 4.98 Å². The van der Waals surface area contributed by atoms with Gasteiger partial charge >= 0.3 is 0 Å². The lowest BCUT2D eigenvalue weighted by molar-refractivity contribution is 0.284. The smallest absolute Gasteiger partial charge is 0.123 e. The van der Waals surface area contributed by atoms with E-state index in [2.05, 4.69) is 4.98 Å². The second kappa shape index (κ2) is 5.38. The lowest BCUT2D eigenvalue weighted by Gasteiger charge is -1.98. The fourth-order valence-corrected chi connectivity index (χ4v) is 2.57. The molecule has 0 radical (unpaired) electrons. The van der Waals surface area contributed by atoms with Gasteiger partial charge in [0.2, 0.25) is 0 Å². The molecule has 2 rings (SSSR count). The van der Waals surface area contributed by atoms with E-state index in [9.17, 15) is 4.39 Å². The van der Waals surface area contributed by atoms with E-state index in [0.717, 1.165) is 34.0 Å². The van der Waals surface area contributed by atoms with Gasteiger partial charge in [-0.15, -0.1) is 11.3 Å². The molecule has 90 valence electrons. The number of hydrogen-bond acceptors (Lipinski definition) is 3. The highest BCUT2D eigenvalue weighted by atomic mass is 32.1. The van der Waals surface area contributed by atoms with Crippen molar-refractivity contribution < 1.29 is 9.50 Å². The Labute approximate surface area is 104 Å². The van der Waals surface area contributed by atoms with Crippen LogP contribution in [0.2, 0.25) is 0 Å². The molecule has 2 nitrogen and oxygen atoms in total. The second-order valence-corrected chi connectivity index (χ2v) is 5.07. The number of benzene rings is 1. The maximum Gasteiger partial charge on any atom is 0.123 e. The van der Waals surface area contributed by atoms with E-state index in [1.807, 2.05) is 6.92 Å². The monoisotopic (exact) mass is 251 g/mol. The van der Waals surface area contributed by atoms with Crippen LogP contribution >= 0.6 is 11.3 Å². The van der Waals surface area contributed by atoms with Gasteiger partial charge in [-0.05, 0) is 31.0 Å². The Morgan fingerprint density at radius 3 is 2.53 bits per heavy atom. The van der Waals surface area contributed by atoms with E-state index in [0.29, 0.717) is 0 Å². The predicted octanol–water partition coefficient (Wildman–Crippen LogP) is 2.87. The number of nitrogens with zero attached hydrogens (tertiary/aromatic N) is 1. The maximum absolute atomic E-state index is 12.7. The predicted molar refractivity (Wildman–Crippen MR) is 66.6 cm³/mol. The van der Waals surface area contributed by atoms with Crippen LogP contribution in [0.1, 0.15) is 21.1 Å². The van der Waals surface area contributed by atoms with Crippen molar-refractivity contribution in [2.45, 2.75) is 26.4 Å². The summed E-state index contributed by atoms with van der Waals surface area (Å²) >= 11 is 1.55. The van der Waals surface area contributed by atoms with Gasteiger partial charge < -0.3 is 5.11 Å². The maximum atomic E-state index is 12.7. The second-order valence-electron chi connectivity index (χ2n) is 3.90. The Kier molecular flexibility index (Phi) is 3.86. The number of halogens is 1. The van der Waals surface area contributed by atoms with Crippen molar-refractivity contribution in [2.75, 3.05) is 0 Å². The first-order chi connectivity index (χ1) is 8.19. The fraction of sp³-hybridized carbons (Fsp3) is 0.308. The minimum atomic E-state index is -0.207. The molecule has 1 aromatic carbocycles. The summed E-state index contributed by atoms with van der Waals surface area (Å²) in [7, 11) is 0. The molecule has 4 heteroatoms. The molecule has 0 fully saturated rings. The number of hydrogen-bond donors (Lipinski definition) is 1. The van der Waals surface area contributed by atoms with Crippen LogP contribution in [0.5, 0.6) is 0 Å². The standard InChI is InChI=1S/C13H14FNOS/c1-9-12(8-16)17-13(15-9)7-4-10-2-5-11(14)6-3-10/h2-3,5-6,16H,4,7-8H2,1H3. The molecule has 0 aliphatic heterocycles. The summed E-state index contributed by atoms with van der Waals surface area (Å²) in [5, 5.41) is 10.1. The van der Waals surface area contributed by atoms with Crippen LogP contribution in [-0.2, 0) is 19.4 Å². The SMILES string of the molecule is Cc1nc(CCc2ccc(F)cc2)sc1CO. The number of aromatic nitrogens is 1. The summed E-state index contributed by atoms with van der Waals surface area (Å²) in [6, 6.07) is 6.54. The van der Waals surface area contributed by atoms with E-state index in [4.69, 9.17) is 5.11 Å². The summed E-state index contributed by atoms with van der Waals surface area (Å²) in [6.45, 7) is 1.96. The van der Waals surface area contributed by atoms with E-state index in [1.54, 1.807) is 23.5 Å². The third kappa shape index (κ3) is 3.11. The number of aliphatic hydroxyl groups excluding tert-OH is 1. The number of aryl methyl sites for hydroxylation is 3. The Bertz CT molecular complexity index is 493. The zero-order valence-corrected chi connectivity index (χ0v) is 10.4. The number of aliphatic hydroxyl groups is 1. The highest BCUT2D eigenvalue weighted by Gasteiger charge is 2.06. The molecule has 0 spiro atoms. The molecule has 0 saturated heterocycles. The van der Waals surface area contributed by atoms with E-state index in [1.165, 1.54) is 12.1 Å². The summed E-state index contributed by atoms with van der Waals surface area (Å²) in [5.74, 6) is -0.207. The van der Waals surface area contributed by atoms with Crippen LogP contribution in [0.4, 0.5) is 4.39 Å². The van der Waals surface area contributed by atoms with Crippen LogP contribution in [0, 0.1) is 12.7 Å². The first-order valence-electron chi connectivity index (χ1n) is 5.49. The van der Waals surface area contributed by atoms with Crippen LogP contribution < -0.4 is 0 Å². The van der Waals surface area contributed by atoms with Gasteiger partial charge in [-0.3, -0.25) is 0 Å². The topological polar surface area (TPSA) is 33.1 Å². The van der Waals surface area contributed by atoms with Crippen molar-refractivity contribution >= 4 is 11.3 Å².